The lowest BCUT2D eigenvalue weighted by molar-refractivity contribution is 0.591. The number of anilines is 1. The van der Waals surface area contributed by atoms with Crippen LogP contribution in [0.15, 0.2) is 23.6 Å². The first-order valence-corrected chi connectivity index (χ1v) is 5.71. The van der Waals surface area contributed by atoms with Crippen molar-refractivity contribution in [3.8, 4) is 11.4 Å². The number of halogens is 2. The smallest absolute Gasteiger partial charge is 0.153 e. The summed E-state index contributed by atoms with van der Waals surface area (Å²) in [6, 6.07) is 3.80. The Morgan fingerprint density at radius 2 is 2.12 bits per heavy atom. The molecule has 0 aliphatic heterocycles. The standard InChI is InChI=1S/C11H7F2N3S/c12-5-3-7(13)9-8(4-5)15-11(16-9)6-1-2-17-10(6)14/h1-4H,14H2,(H,15,16). The van der Waals surface area contributed by atoms with Gasteiger partial charge in [0.05, 0.1) is 16.1 Å². The fourth-order valence-electron chi connectivity index (χ4n) is 1.69. The van der Waals surface area contributed by atoms with Crippen molar-refractivity contribution >= 4 is 27.4 Å². The molecule has 0 unspecified atom stereocenters. The molecule has 0 atom stereocenters. The highest BCUT2D eigenvalue weighted by atomic mass is 32.1. The van der Waals surface area contributed by atoms with Crippen molar-refractivity contribution in [3.05, 3.63) is 35.2 Å². The van der Waals surface area contributed by atoms with Crippen LogP contribution in [0, 0.1) is 11.6 Å². The molecule has 2 aromatic heterocycles. The van der Waals surface area contributed by atoms with Gasteiger partial charge in [-0.05, 0) is 17.5 Å². The molecule has 0 aliphatic carbocycles. The van der Waals surface area contributed by atoms with E-state index in [0.29, 0.717) is 21.9 Å². The minimum absolute atomic E-state index is 0.118. The number of benzene rings is 1. The van der Waals surface area contributed by atoms with Crippen LogP contribution in [0.4, 0.5) is 13.8 Å². The van der Waals surface area contributed by atoms with Crippen LogP contribution in [0.5, 0.6) is 0 Å². The minimum Gasteiger partial charge on any atom is -0.390 e. The second-order valence-electron chi connectivity index (χ2n) is 3.57. The quantitative estimate of drug-likeness (QED) is 0.698. The molecule has 3 rings (SSSR count). The summed E-state index contributed by atoms with van der Waals surface area (Å²) in [7, 11) is 0. The van der Waals surface area contributed by atoms with Crippen LogP contribution >= 0.6 is 11.3 Å². The number of thiophene rings is 1. The summed E-state index contributed by atoms with van der Waals surface area (Å²) in [5, 5.41) is 2.40. The van der Waals surface area contributed by atoms with Crippen molar-refractivity contribution < 1.29 is 8.78 Å². The molecule has 0 fully saturated rings. The highest BCUT2D eigenvalue weighted by molar-refractivity contribution is 7.14. The zero-order valence-corrected chi connectivity index (χ0v) is 9.31. The number of nitrogens with zero attached hydrogens (tertiary/aromatic N) is 1. The van der Waals surface area contributed by atoms with Crippen molar-refractivity contribution in [2.75, 3.05) is 5.73 Å². The van der Waals surface area contributed by atoms with Gasteiger partial charge in [-0.15, -0.1) is 11.3 Å². The first kappa shape index (κ1) is 10.2. The third-order valence-corrected chi connectivity index (χ3v) is 3.20. The maximum Gasteiger partial charge on any atom is 0.153 e. The number of nitrogen functional groups attached to an aromatic ring is 1. The molecule has 3 N–H and O–H groups in total. The Bertz CT molecular complexity index is 702. The first-order valence-electron chi connectivity index (χ1n) is 4.83. The van der Waals surface area contributed by atoms with Crippen LogP contribution in [0.1, 0.15) is 0 Å². The van der Waals surface area contributed by atoms with E-state index in [1.165, 1.54) is 17.4 Å². The predicted molar refractivity (Wildman–Crippen MR) is 63.7 cm³/mol. The van der Waals surface area contributed by atoms with E-state index >= 15 is 0 Å². The largest absolute Gasteiger partial charge is 0.390 e. The lowest BCUT2D eigenvalue weighted by atomic mass is 10.3. The Hall–Kier alpha value is -1.95. The van der Waals surface area contributed by atoms with Crippen molar-refractivity contribution in [1.29, 1.82) is 0 Å². The summed E-state index contributed by atoms with van der Waals surface area (Å²) in [4.78, 5) is 6.94. The van der Waals surface area contributed by atoms with Crippen molar-refractivity contribution in [1.82, 2.24) is 9.97 Å². The van der Waals surface area contributed by atoms with Gasteiger partial charge < -0.3 is 10.7 Å². The number of hydrogen-bond donors (Lipinski definition) is 2. The van der Waals surface area contributed by atoms with Gasteiger partial charge in [0, 0.05) is 6.07 Å². The van der Waals surface area contributed by atoms with Gasteiger partial charge in [0.25, 0.3) is 0 Å². The third-order valence-electron chi connectivity index (χ3n) is 2.46. The molecular weight excluding hydrogens is 244 g/mol. The molecule has 0 aliphatic rings. The van der Waals surface area contributed by atoms with Crippen LogP contribution in [-0.2, 0) is 0 Å². The Balaban J connectivity index is 2.27. The van der Waals surface area contributed by atoms with E-state index in [-0.39, 0.29) is 5.52 Å². The van der Waals surface area contributed by atoms with Crippen LogP contribution in [0.3, 0.4) is 0 Å². The molecule has 2 heterocycles. The fourth-order valence-corrected chi connectivity index (χ4v) is 2.33. The Labute approximate surface area is 98.9 Å². The lowest BCUT2D eigenvalue weighted by Gasteiger charge is -1.92. The Morgan fingerprint density at radius 3 is 2.82 bits per heavy atom. The minimum atomic E-state index is -0.684. The molecule has 3 aromatic rings. The van der Waals surface area contributed by atoms with Crippen molar-refractivity contribution in [2.24, 2.45) is 0 Å². The molecule has 3 nitrogen and oxygen atoms in total. The molecular formula is C11H7F2N3S. The van der Waals surface area contributed by atoms with Gasteiger partial charge in [-0.3, -0.25) is 0 Å². The van der Waals surface area contributed by atoms with E-state index in [1.807, 2.05) is 5.38 Å². The summed E-state index contributed by atoms with van der Waals surface area (Å²) in [6.07, 6.45) is 0. The van der Waals surface area contributed by atoms with Crippen molar-refractivity contribution in [3.63, 3.8) is 0 Å². The van der Waals surface area contributed by atoms with E-state index in [0.717, 1.165) is 6.07 Å². The van der Waals surface area contributed by atoms with Gasteiger partial charge in [0.1, 0.15) is 17.2 Å². The third kappa shape index (κ3) is 1.57. The number of hydrogen-bond acceptors (Lipinski definition) is 3. The van der Waals surface area contributed by atoms with Crippen molar-refractivity contribution in [2.45, 2.75) is 0 Å². The van der Waals surface area contributed by atoms with Crippen LogP contribution in [-0.4, -0.2) is 9.97 Å². The average molecular weight is 251 g/mol. The molecule has 86 valence electrons. The predicted octanol–water partition coefficient (Wildman–Crippen LogP) is 3.15. The molecule has 1 aromatic carbocycles. The normalized spacial score (nSPS) is 11.2. The molecule has 6 heteroatoms. The lowest BCUT2D eigenvalue weighted by Crippen LogP contribution is -1.84. The summed E-state index contributed by atoms with van der Waals surface area (Å²) in [5.41, 5.74) is 6.89. The van der Waals surface area contributed by atoms with Gasteiger partial charge in [-0.2, -0.15) is 0 Å². The Morgan fingerprint density at radius 1 is 1.29 bits per heavy atom. The van der Waals surface area contributed by atoms with E-state index in [9.17, 15) is 8.78 Å². The van der Waals surface area contributed by atoms with Crippen LogP contribution in [0.25, 0.3) is 22.4 Å². The highest BCUT2D eigenvalue weighted by Crippen LogP contribution is 2.30. The number of imidazole rings is 1. The number of fused-ring (bicyclic) bond motifs is 1. The second kappa shape index (κ2) is 3.53. The van der Waals surface area contributed by atoms with Crippen LogP contribution < -0.4 is 5.73 Å². The zero-order chi connectivity index (χ0) is 12.0. The van der Waals surface area contributed by atoms with Gasteiger partial charge >= 0.3 is 0 Å². The molecule has 0 radical (unpaired) electrons. The highest BCUT2D eigenvalue weighted by Gasteiger charge is 2.13. The second-order valence-corrected chi connectivity index (χ2v) is 4.52. The number of aromatic amines is 1. The number of nitrogens with two attached hydrogens (primary N) is 1. The molecule has 17 heavy (non-hydrogen) atoms. The molecule has 0 bridgehead atoms. The summed E-state index contributed by atoms with van der Waals surface area (Å²) in [6.45, 7) is 0. The molecule has 0 spiro atoms. The van der Waals surface area contributed by atoms with Gasteiger partial charge in [-0.25, -0.2) is 13.8 Å². The molecule has 0 saturated carbocycles. The van der Waals surface area contributed by atoms with Crippen LogP contribution in [0.2, 0.25) is 0 Å². The number of rotatable bonds is 1. The summed E-state index contributed by atoms with van der Waals surface area (Å²) in [5.74, 6) is -0.872. The maximum atomic E-state index is 13.5. The summed E-state index contributed by atoms with van der Waals surface area (Å²) < 4.78 is 26.5. The average Bonchev–Trinajstić information content (AvgIpc) is 2.83. The van der Waals surface area contributed by atoms with E-state index in [4.69, 9.17) is 5.73 Å². The maximum absolute atomic E-state index is 13.5. The fraction of sp³-hybridized carbons (Fsp3) is 0. The monoisotopic (exact) mass is 251 g/mol. The van der Waals surface area contributed by atoms with E-state index in [2.05, 4.69) is 9.97 Å². The number of aromatic nitrogens is 2. The topological polar surface area (TPSA) is 54.7 Å². The number of H-pyrrole nitrogens is 1. The van der Waals surface area contributed by atoms with Gasteiger partial charge in [0.2, 0.25) is 0 Å². The first-order chi connectivity index (χ1) is 8.15. The van der Waals surface area contributed by atoms with Gasteiger partial charge in [-0.1, -0.05) is 0 Å². The van der Waals surface area contributed by atoms with E-state index < -0.39 is 11.6 Å². The van der Waals surface area contributed by atoms with Gasteiger partial charge in [0.15, 0.2) is 5.82 Å². The summed E-state index contributed by atoms with van der Waals surface area (Å²) >= 11 is 1.37. The molecule has 0 amide bonds. The zero-order valence-electron chi connectivity index (χ0n) is 8.50. The van der Waals surface area contributed by atoms with E-state index in [1.54, 1.807) is 6.07 Å². The molecule has 0 saturated heterocycles. The SMILES string of the molecule is Nc1sccc1-c1nc2c(F)cc(F)cc2[nH]1. The number of nitrogens with one attached hydrogen (secondary N) is 1. The Kier molecular flexibility index (Phi) is 2.12.